The monoisotopic (exact) mass is 1130 g/mol. The van der Waals surface area contributed by atoms with Crippen LogP contribution in [0.5, 0.6) is 0 Å². The molecule has 0 saturated carbocycles. The molecule has 0 spiro atoms. The van der Waals surface area contributed by atoms with Gasteiger partial charge in [-0.15, -0.1) is 22.7 Å². The summed E-state index contributed by atoms with van der Waals surface area (Å²) in [6, 6.07) is 68.6. The third-order valence-corrected chi connectivity index (χ3v) is 20.8. The number of fused-ring (bicyclic) bond motifs is 12. The second-order valence-electron chi connectivity index (χ2n) is 28.1. The molecule has 8 heteroatoms. The van der Waals surface area contributed by atoms with Gasteiger partial charge < -0.3 is 19.6 Å². The summed E-state index contributed by atoms with van der Waals surface area (Å²) in [5, 5.41) is 4.80. The number of benzene rings is 9. The lowest BCUT2D eigenvalue weighted by atomic mass is 9.31. The van der Waals surface area contributed by atoms with Crippen LogP contribution >= 0.6 is 22.7 Å². The van der Waals surface area contributed by atoms with Crippen LogP contribution < -0.4 is 52.4 Å². The Hall–Kier alpha value is -7.77. The van der Waals surface area contributed by atoms with E-state index in [0.717, 1.165) is 56.0 Å². The Kier molecular flexibility index (Phi) is 10.9. The maximum absolute atomic E-state index is 9.31. The van der Waals surface area contributed by atoms with Crippen LogP contribution in [0.2, 0.25) is 0 Å². The molecule has 0 bridgehead atoms. The summed E-state index contributed by atoms with van der Waals surface area (Å²) in [4.78, 5) is 9.96. The SMILES string of the molecule is [2H]C([2H])([2H])c1cc2c3c(c1)N(c1ccc(C(C)(C)C)cc1)c1sc4ccccc4c1B3c1cc3c(cc1N2c1ccc(C(C)(C)C)cc1)B1c2c(cc(C)cc2N(c2ccc(C(C)(C)C)cc2)c2sc4ccccc4c21)N3c1ccc(C(C)(C)C)cc1. The summed E-state index contributed by atoms with van der Waals surface area (Å²) in [6.07, 6.45) is 0. The van der Waals surface area contributed by atoms with Gasteiger partial charge in [0.25, 0.3) is 13.4 Å². The first-order chi connectivity index (χ1) is 41.2. The molecule has 0 N–H and O–H groups in total. The van der Waals surface area contributed by atoms with Gasteiger partial charge in [-0.2, -0.15) is 0 Å². The van der Waals surface area contributed by atoms with Crippen LogP contribution in [0.15, 0.2) is 182 Å². The van der Waals surface area contributed by atoms with E-state index in [2.05, 4.69) is 279 Å². The van der Waals surface area contributed by atoms with Gasteiger partial charge in [0.05, 0.1) is 10.0 Å². The first-order valence-corrected chi connectivity index (χ1v) is 31.5. The van der Waals surface area contributed by atoms with E-state index in [1.165, 1.54) is 91.7 Å². The van der Waals surface area contributed by atoms with E-state index >= 15 is 0 Å². The summed E-state index contributed by atoms with van der Waals surface area (Å²) < 4.78 is 30.4. The van der Waals surface area contributed by atoms with Crippen LogP contribution in [0.1, 0.15) is 121 Å². The van der Waals surface area contributed by atoms with E-state index in [0.29, 0.717) is 5.56 Å². The quantitative estimate of drug-likeness (QED) is 0.163. The predicted octanol–water partition coefficient (Wildman–Crippen LogP) is 18.1. The normalized spacial score (nSPS) is 15.1. The summed E-state index contributed by atoms with van der Waals surface area (Å²) >= 11 is 3.68. The molecular formula is C76H72B2N4S2. The fourth-order valence-electron chi connectivity index (χ4n) is 14.1. The standard InChI is InChI=1S/C76H72B2N4S2/c1-45-39-61-69-63(41-45)81(53-35-27-49(28-36-53)75(9,10)11)71-67(55-19-15-17-21-65(55)83-71)77(69)57-44-60-58(43-59(57)79(61)51-31-23-47(24-32-51)73(3,4)5)78-68-56-20-16-18-22-66(56)84-72(68)82(54-37-29-50(30-38-54)76(12,13)14)64-42-46(2)40-62(70(64)78)80(60)52-33-25-48(26-34-52)74(6,7)8/h15-44H,1-14H3/i1D3. The van der Waals surface area contributed by atoms with Crippen molar-refractivity contribution in [3.8, 4) is 0 Å². The number of nitrogens with zero attached hydrogens (tertiary/aromatic N) is 4. The molecule has 0 radical (unpaired) electrons. The van der Waals surface area contributed by atoms with Gasteiger partial charge in [0, 0.05) is 70.4 Å². The topological polar surface area (TPSA) is 13.0 Å². The highest BCUT2D eigenvalue weighted by Crippen LogP contribution is 2.52. The van der Waals surface area contributed by atoms with Gasteiger partial charge in [0.2, 0.25) is 0 Å². The van der Waals surface area contributed by atoms with Gasteiger partial charge in [-0.1, -0.05) is 168 Å². The van der Waals surface area contributed by atoms with Gasteiger partial charge in [-0.25, -0.2) is 0 Å². The number of anilines is 12. The van der Waals surface area contributed by atoms with Gasteiger partial charge in [-0.3, -0.25) is 0 Å². The Morgan fingerprint density at radius 3 is 0.952 bits per heavy atom. The molecule has 15 rings (SSSR count). The molecule has 4 aliphatic heterocycles. The van der Waals surface area contributed by atoms with Crippen molar-refractivity contribution < 1.29 is 4.11 Å². The molecule has 0 atom stereocenters. The van der Waals surface area contributed by atoms with E-state index in [1.54, 1.807) is 11.3 Å². The zero-order valence-corrected chi connectivity index (χ0v) is 52.2. The summed E-state index contributed by atoms with van der Waals surface area (Å²) in [5.74, 6) is 0. The van der Waals surface area contributed by atoms with Crippen LogP contribution in [-0.4, -0.2) is 13.4 Å². The van der Waals surface area contributed by atoms with E-state index in [9.17, 15) is 4.11 Å². The third-order valence-electron chi connectivity index (χ3n) is 18.4. The van der Waals surface area contributed by atoms with Crippen molar-refractivity contribution >= 4 is 156 Å². The summed E-state index contributed by atoms with van der Waals surface area (Å²) in [7, 11) is 0. The van der Waals surface area contributed by atoms with Crippen molar-refractivity contribution in [1.29, 1.82) is 0 Å². The third kappa shape index (κ3) is 8.06. The zero-order chi connectivity index (χ0) is 60.8. The van der Waals surface area contributed by atoms with E-state index in [4.69, 9.17) is 0 Å². The van der Waals surface area contributed by atoms with Crippen LogP contribution in [0.25, 0.3) is 20.2 Å². The largest absolute Gasteiger partial charge is 0.311 e. The first-order valence-electron chi connectivity index (χ1n) is 31.4. The lowest BCUT2D eigenvalue weighted by Gasteiger charge is -2.46. The molecule has 0 saturated heterocycles. The molecule has 84 heavy (non-hydrogen) atoms. The van der Waals surface area contributed by atoms with Gasteiger partial charge in [-0.05, 0) is 209 Å². The van der Waals surface area contributed by atoms with Gasteiger partial charge in [0.15, 0.2) is 0 Å². The highest BCUT2D eigenvalue weighted by Gasteiger charge is 2.50. The molecule has 4 nitrogen and oxygen atoms in total. The van der Waals surface area contributed by atoms with Crippen molar-refractivity contribution in [1.82, 2.24) is 0 Å². The van der Waals surface area contributed by atoms with Crippen molar-refractivity contribution in [2.75, 3.05) is 19.6 Å². The highest BCUT2D eigenvalue weighted by molar-refractivity contribution is 7.27. The first kappa shape index (κ1) is 49.6. The Labute approximate surface area is 510 Å². The zero-order valence-electron chi connectivity index (χ0n) is 53.6. The number of thiophene rings is 2. The maximum atomic E-state index is 9.31. The smallest absolute Gasteiger partial charge is 0.254 e. The molecule has 0 aliphatic carbocycles. The van der Waals surface area contributed by atoms with Crippen molar-refractivity contribution in [3.05, 3.63) is 215 Å². The molecule has 6 heterocycles. The lowest BCUT2D eigenvalue weighted by Crippen LogP contribution is -2.64. The fourth-order valence-corrected chi connectivity index (χ4v) is 16.6. The highest BCUT2D eigenvalue weighted by atomic mass is 32.1. The van der Waals surface area contributed by atoms with Crippen LogP contribution in [0.3, 0.4) is 0 Å². The number of rotatable bonds is 4. The molecule has 0 unspecified atom stereocenters. The van der Waals surface area contributed by atoms with Gasteiger partial charge >= 0.3 is 0 Å². The molecule has 2 aromatic heterocycles. The Morgan fingerprint density at radius 1 is 0.333 bits per heavy atom. The molecule has 4 aliphatic rings. The van der Waals surface area contributed by atoms with Crippen LogP contribution in [0.4, 0.5) is 66.9 Å². The molecule has 11 aromatic rings. The minimum absolute atomic E-state index is 0.00490. The summed E-state index contributed by atoms with van der Waals surface area (Å²) in [5.41, 5.74) is 24.2. The molecular weight excluding hydrogens is 1050 g/mol. The van der Waals surface area contributed by atoms with E-state index in [1.807, 2.05) is 23.5 Å². The van der Waals surface area contributed by atoms with Crippen molar-refractivity contribution in [2.45, 2.75) is 119 Å². The second kappa shape index (κ2) is 18.4. The predicted molar refractivity (Wildman–Crippen MR) is 370 cm³/mol. The fraction of sp³-hybridized carbons (Fsp3) is 0.237. The Bertz CT molecular complexity index is 4630. The number of hydrogen-bond acceptors (Lipinski definition) is 6. The van der Waals surface area contributed by atoms with Crippen molar-refractivity contribution in [3.63, 3.8) is 0 Å². The number of aryl methyl sites for hydroxylation is 2. The lowest BCUT2D eigenvalue weighted by molar-refractivity contribution is 0.590. The molecule has 0 fully saturated rings. The second-order valence-corrected chi connectivity index (χ2v) is 30.2. The molecule has 0 amide bonds. The summed E-state index contributed by atoms with van der Waals surface area (Å²) in [6.45, 7) is 26.7. The average molecular weight is 1130 g/mol. The van der Waals surface area contributed by atoms with Crippen molar-refractivity contribution in [2.24, 2.45) is 0 Å². The number of hydrogen-bond donors (Lipinski definition) is 0. The van der Waals surface area contributed by atoms with Gasteiger partial charge in [0.1, 0.15) is 0 Å². The molecule has 414 valence electrons. The Balaban J connectivity index is 1.08. The van der Waals surface area contributed by atoms with E-state index < -0.39 is 6.85 Å². The van der Waals surface area contributed by atoms with Crippen LogP contribution in [-0.2, 0) is 21.7 Å². The van der Waals surface area contributed by atoms with Crippen LogP contribution in [0, 0.1) is 13.8 Å². The maximum Gasteiger partial charge on any atom is 0.254 e. The minimum Gasteiger partial charge on any atom is -0.311 e. The molecule has 9 aromatic carbocycles. The van der Waals surface area contributed by atoms with E-state index in [-0.39, 0.29) is 35.1 Å². The Morgan fingerprint density at radius 2 is 0.631 bits per heavy atom. The minimum atomic E-state index is -2.42. The average Bonchev–Trinajstić information content (AvgIpc) is 1.69.